The molecule has 0 aromatic carbocycles. The predicted octanol–water partition coefficient (Wildman–Crippen LogP) is 1.08. The van der Waals surface area contributed by atoms with Gasteiger partial charge in [0.15, 0.2) is 0 Å². The van der Waals surface area contributed by atoms with Crippen molar-refractivity contribution in [3.8, 4) is 0 Å². The third-order valence-electron chi connectivity index (χ3n) is 1.92. The van der Waals surface area contributed by atoms with Gasteiger partial charge in [-0.3, -0.25) is 9.59 Å². The van der Waals surface area contributed by atoms with Gasteiger partial charge < -0.3 is 4.74 Å². The van der Waals surface area contributed by atoms with Crippen molar-refractivity contribution in [3.05, 3.63) is 12.7 Å². The number of carbonyl (C=O) groups is 2. The Labute approximate surface area is 71.4 Å². The molecule has 0 spiro atoms. The van der Waals surface area contributed by atoms with Gasteiger partial charge >= 0.3 is 5.97 Å². The molecule has 0 radical (unpaired) electrons. The van der Waals surface area contributed by atoms with E-state index in [9.17, 15) is 9.59 Å². The van der Waals surface area contributed by atoms with Crippen molar-refractivity contribution < 1.29 is 14.3 Å². The molecule has 0 saturated carbocycles. The summed E-state index contributed by atoms with van der Waals surface area (Å²) in [5.41, 5.74) is 0. The van der Waals surface area contributed by atoms with E-state index in [4.69, 9.17) is 0 Å². The van der Waals surface area contributed by atoms with E-state index in [0.29, 0.717) is 25.9 Å². The second kappa shape index (κ2) is 4.04. The normalized spacial score (nSPS) is 22.0. The Morgan fingerprint density at radius 3 is 3.00 bits per heavy atom. The van der Waals surface area contributed by atoms with Gasteiger partial charge in [0.2, 0.25) is 0 Å². The lowest BCUT2D eigenvalue weighted by Crippen LogP contribution is -2.18. The Bertz CT molecular complexity index is 208. The SMILES string of the molecule is C=CCCC(=O)C1CCOC1=O. The van der Waals surface area contributed by atoms with Crippen LogP contribution in [-0.2, 0) is 14.3 Å². The fourth-order valence-corrected chi connectivity index (χ4v) is 1.21. The number of ether oxygens (including phenoxy) is 1. The average molecular weight is 168 g/mol. The zero-order valence-corrected chi connectivity index (χ0v) is 6.91. The maximum atomic E-state index is 11.3. The minimum absolute atomic E-state index is 0.0163. The number of ketones is 1. The molecule has 1 aliphatic heterocycles. The largest absolute Gasteiger partial charge is 0.465 e. The standard InChI is InChI=1S/C9H12O3/c1-2-3-4-8(10)7-5-6-12-9(7)11/h2,7H,1,3-6H2. The number of hydrogen-bond acceptors (Lipinski definition) is 3. The molecule has 1 heterocycles. The highest BCUT2D eigenvalue weighted by Crippen LogP contribution is 2.17. The lowest BCUT2D eigenvalue weighted by Gasteiger charge is -2.01. The first kappa shape index (κ1) is 8.97. The summed E-state index contributed by atoms with van der Waals surface area (Å²) in [6, 6.07) is 0. The molecular formula is C9H12O3. The van der Waals surface area contributed by atoms with Crippen LogP contribution in [0.4, 0.5) is 0 Å². The molecule has 0 aliphatic carbocycles. The van der Waals surface area contributed by atoms with Gasteiger partial charge in [-0.15, -0.1) is 6.58 Å². The second-order valence-corrected chi connectivity index (χ2v) is 2.80. The fourth-order valence-electron chi connectivity index (χ4n) is 1.21. The van der Waals surface area contributed by atoms with Crippen LogP contribution in [0.2, 0.25) is 0 Å². The minimum Gasteiger partial charge on any atom is -0.465 e. The van der Waals surface area contributed by atoms with Gasteiger partial charge in [0.05, 0.1) is 6.61 Å². The van der Waals surface area contributed by atoms with Crippen molar-refractivity contribution in [1.82, 2.24) is 0 Å². The first-order chi connectivity index (χ1) is 5.75. The van der Waals surface area contributed by atoms with Crippen molar-refractivity contribution in [1.29, 1.82) is 0 Å². The van der Waals surface area contributed by atoms with E-state index in [-0.39, 0.29) is 11.8 Å². The maximum Gasteiger partial charge on any atom is 0.316 e. The average Bonchev–Trinajstić information content (AvgIpc) is 2.47. The first-order valence-corrected chi connectivity index (χ1v) is 4.06. The predicted molar refractivity (Wildman–Crippen MR) is 43.5 cm³/mol. The Morgan fingerprint density at radius 1 is 1.75 bits per heavy atom. The first-order valence-electron chi connectivity index (χ1n) is 4.06. The maximum absolute atomic E-state index is 11.3. The number of allylic oxidation sites excluding steroid dienone is 1. The molecule has 66 valence electrons. The number of Topliss-reactive ketones (excluding diaryl/α,β-unsaturated/α-hetero) is 1. The Hall–Kier alpha value is -1.12. The van der Waals surface area contributed by atoms with Gasteiger partial charge in [-0.05, 0) is 6.42 Å². The summed E-state index contributed by atoms with van der Waals surface area (Å²) in [6.07, 6.45) is 3.28. The highest BCUT2D eigenvalue weighted by Gasteiger charge is 2.31. The molecule has 0 aromatic rings. The van der Waals surface area contributed by atoms with Crippen molar-refractivity contribution >= 4 is 11.8 Å². The van der Waals surface area contributed by atoms with Crippen LogP contribution in [0.25, 0.3) is 0 Å². The molecule has 1 aliphatic rings. The molecule has 1 saturated heterocycles. The summed E-state index contributed by atoms with van der Waals surface area (Å²) in [7, 11) is 0. The summed E-state index contributed by atoms with van der Waals surface area (Å²) in [6.45, 7) is 3.90. The lowest BCUT2D eigenvalue weighted by atomic mass is 9.99. The van der Waals surface area contributed by atoms with Crippen molar-refractivity contribution in [3.63, 3.8) is 0 Å². The summed E-state index contributed by atoms with van der Waals surface area (Å²) in [4.78, 5) is 22.2. The molecule has 12 heavy (non-hydrogen) atoms. The van der Waals surface area contributed by atoms with Crippen LogP contribution >= 0.6 is 0 Å². The zero-order valence-electron chi connectivity index (χ0n) is 6.91. The van der Waals surface area contributed by atoms with Crippen molar-refractivity contribution in [2.24, 2.45) is 5.92 Å². The zero-order chi connectivity index (χ0) is 8.97. The van der Waals surface area contributed by atoms with Gasteiger partial charge in [-0.25, -0.2) is 0 Å². The van der Waals surface area contributed by atoms with Crippen molar-refractivity contribution in [2.75, 3.05) is 6.61 Å². The summed E-state index contributed by atoms with van der Waals surface area (Å²) < 4.78 is 4.68. The van der Waals surface area contributed by atoms with E-state index in [0.717, 1.165) is 0 Å². The molecule has 3 heteroatoms. The van der Waals surface area contributed by atoms with Crippen molar-refractivity contribution in [2.45, 2.75) is 19.3 Å². The van der Waals surface area contributed by atoms with E-state index in [1.54, 1.807) is 6.08 Å². The Morgan fingerprint density at radius 2 is 2.50 bits per heavy atom. The smallest absolute Gasteiger partial charge is 0.316 e. The van der Waals surface area contributed by atoms with Gasteiger partial charge in [-0.2, -0.15) is 0 Å². The number of rotatable bonds is 4. The highest BCUT2D eigenvalue weighted by molar-refractivity contribution is 5.99. The quantitative estimate of drug-likeness (QED) is 0.358. The van der Waals surface area contributed by atoms with E-state index in [1.165, 1.54) is 0 Å². The topological polar surface area (TPSA) is 43.4 Å². The Kier molecular flexibility index (Phi) is 3.02. The number of carbonyl (C=O) groups excluding carboxylic acids is 2. The van der Waals surface area contributed by atoms with Crippen LogP contribution in [0.3, 0.4) is 0 Å². The minimum atomic E-state index is -0.495. The third kappa shape index (κ3) is 1.94. The molecule has 0 N–H and O–H groups in total. The third-order valence-corrected chi connectivity index (χ3v) is 1.92. The fraction of sp³-hybridized carbons (Fsp3) is 0.556. The molecule has 0 amide bonds. The van der Waals surface area contributed by atoms with Gasteiger partial charge in [-0.1, -0.05) is 6.08 Å². The van der Waals surface area contributed by atoms with Crippen LogP contribution in [0.5, 0.6) is 0 Å². The summed E-state index contributed by atoms with van der Waals surface area (Å²) in [5.74, 6) is -0.869. The van der Waals surface area contributed by atoms with Gasteiger partial charge in [0, 0.05) is 12.8 Å². The van der Waals surface area contributed by atoms with E-state index >= 15 is 0 Å². The van der Waals surface area contributed by atoms with E-state index in [1.807, 2.05) is 0 Å². The number of hydrogen-bond donors (Lipinski definition) is 0. The van der Waals surface area contributed by atoms with E-state index in [2.05, 4.69) is 11.3 Å². The molecule has 1 unspecified atom stereocenters. The Balaban J connectivity index is 2.40. The second-order valence-electron chi connectivity index (χ2n) is 2.80. The monoisotopic (exact) mass is 168 g/mol. The van der Waals surface area contributed by atoms with Crippen LogP contribution in [0.1, 0.15) is 19.3 Å². The van der Waals surface area contributed by atoms with Crippen LogP contribution < -0.4 is 0 Å². The molecule has 1 fully saturated rings. The van der Waals surface area contributed by atoms with Crippen LogP contribution in [0, 0.1) is 5.92 Å². The van der Waals surface area contributed by atoms with Gasteiger partial charge in [0.25, 0.3) is 0 Å². The molecule has 1 rings (SSSR count). The number of cyclic esters (lactones) is 1. The molecule has 1 atom stereocenters. The molecule has 3 nitrogen and oxygen atoms in total. The molecule has 0 aromatic heterocycles. The summed E-state index contributed by atoms with van der Waals surface area (Å²) >= 11 is 0. The molecular weight excluding hydrogens is 156 g/mol. The van der Waals surface area contributed by atoms with E-state index < -0.39 is 5.92 Å². The van der Waals surface area contributed by atoms with Crippen LogP contribution in [0.15, 0.2) is 12.7 Å². The lowest BCUT2D eigenvalue weighted by molar-refractivity contribution is -0.144. The molecule has 0 bridgehead atoms. The van der Waals surface area contributed by atoms with Gasteiger partial charge in [0.1, 0.15) is 11.7 Å². The van der Waals surface area contributed by atoms with Crippen LogP contribution in [-0.4, -0.2) is 18.4 Å². The highest BCUT2D eigenvalue weighted by atomic mass is 16.5. The number of esters is 1. The summed E-state index contributed by atoms with van der Waals surface area (Å²) in [5, 5.41) is 0.